The summed E-state index contributed by atoms with van der Waals surface area (Å²) in [6.07, 6.45) is 1.84. The maximum Gasteiger partial charge on any atom is 0.269 e. The number of aromatic amines is 1. The monoisotopic (exact) mass is 221 g/mol. The number of hydrogen-bond donors (Lipinski definition) is 2. The molecule has 0 saturated carbocycles. The van der Waals surface area contributed by atoms with Gasteiger partial charge in [-0.25, -0.2) is 0 Å². The Kier molecular flexibility index (Phi) is 4.31. The molecule has 0 aliphatic heterocycles. The average Bonchev–Trinajstić information content (AvgIpc) is 2.73. The molecule has 1 heterocycles. The Morgan fingerprint density at radius 2 is 2.31 bits per heavy atom. The summed E-state index contributed by atoms with van der Waals surface area (Å²) in [6, 6.07) is 3.98. The lowest BCUT2D eigenvalue weighted by Gasteiger charge is -2.09. The minimum absolute atomic E-state index is 0.0111. The minimum atomic E-state index is -0.0111. The highest BCUT2D eigenvalue weighted by Gasteiger charge is 2.09. The third kappa shape index (κ3) is 3.24. The number of aromatic nitrogens is 1. The highest BCUT2D eigenvalue weighted by atomic mass is 16.2. The van der Waals surface area contributed by atoms with Gasteiger partial charge in [0, 0.05) is 32.4 Å². The van der Waals surface area contributed by atoms with Crippen molar-refractivity contribution in [3.63, 3.8) is 0 Å². The standard InChI is InChI=1S/C12H19N3O/c1-5-9(2)13-8-10-6-7-11(14-10)12(16)15(3)4/h5-7,9,13-14H,1,8H2,2-4H3. The molecule has 0 bridgehead atoms. The van der Waals surface area contributed by atoms with Gasteiger partial charge >= 0.3 is 0 Å². The molecule has 1 aromatic rings. The normalized spacial score (nSPS) is 12.2. The second-order valence-corrected chi connectivity index (χ2v) is 4.00. The molecule has 1 amide bonds. The number of hydrogen-bond acceptors (Lipinski definition) is 2. The Labute approximate surface area is 96.3 Å². The lowest BCUT2D eigenvalue weighted by Crippen LogP contribution is -2.24. The van der Waals surface area contributed by atoms with E-state index in [-0.39, 0.29) is 11.9 Å². The van der Waals surface area contributed by atoms with Crippen LogP contribution in [0.3, 0.4) is 0 Å². The zero-order valence-corrected chi connectivity index (χ0v) is 10.1. The van der Waals surface area contributed by atoms with Crippen LogP contribution in [0, 0.1) is 0 Å². The number of carbonyl (C=O) groups excluding carboxylic acids is 1. The molecule has 0 fully saturated rings. The molecule has 1 rings (SSSR count). The molecule has 0 aliphatic carbocycles. The first-order valence-corrected chi connectivity index (χ1v) is 5.30. The number of rotatable bonds is 5. The minimum Gasteiger partial charge on any atom is -0.353 e. The summed E-state index contributed by atoms with van der Waals surface area (Å²) in [5.74, 6) is -0.0111. The first-order valence-electron chi connectivity index (χ1n) is 5.30. The van der Waals surface area contributed by atoms with E-state index in [0.29, 0.717) is 12.2 Å². The molecule has 1 unspecified atom stereocenters. The third-order valence-corrected chi connectivity index (χ3v) is 2.35. The molecular weight excluding hydrogens is 202 g/mol. The molecule has 1 atom stereocenters. The number of H-pyrrole nitrogens is 1. The second-order valence-electron chi connectivity index (χ2n) is 4.00. The van der Waals surface area contributed by atoms with Crippen LogP contribution in [0.2, 0.25) is 0 Å². The Morgan fingerprint density at radius 1 is 1.62 bits per heavy atom. The fourth-order valence-corrected chi connectivity index (χ4v) is 1.26. The van der Waals surface area contributed by atoms with Crippen LogP contribution in [0.15, 0.2) is 24.8 Å². The van der Waals surface area contributed by atoms with Crippen molar-refractivity contribution in [3.8, 4) is 0 Å². The molecular formula is C12H19N3O. The van der Waals surface area contributed by atoms with E-state index in [2.05, 4.69) is 16.9 Å². The van der Waals surface area contributed by atoms with Crippen molar-refractivity contribution in [1.82, 2.24) is 15.2 Å². The van der Waals surface area contributed by atoms with Crippen LogP contribution >= 0.6 is 0 Å². The van der Waals surface area contributed by atoms with Crippen LogP contribution in [0.5, 0.6) is 0 Å². The van der Waals surface area contributed by atoms with Crippen LogP contribution in [0.1, 0.15) is 23.1 Å². The number of nitrogens with one attached hydrogen (secondary N) is 2. The Balaban J connectivity index is 2.58. The van der Waals surface area contributed by atoms with Crippen molar-refractivity contribution in [2.24, 2.45) is 0 Å². The predicted octanol–water partition coefficient (Wildman–Crippen LogP) is 1.38. The van der Waals surface area contributed by atoms with Gasteiger partial charge in [-0.05, 0) is 19.1 Å². The fourth-order valence-electron chi connectivity index (χ4n) is 1.26. The highest BCUT2D eigenvalue weighted by molar-refractivity contribution is 5.92. The number of carbonyl (C=O) groups is 1. The summed E-state index contributed by atoms with van der Waals surface area (Å²) >= 11 is 0. The van der Waals surface area contributed by atoms with Gasteiger partial charge in [-0.2, -0.15) is 0 Å². The molecule has 4 nitrogen and oxygen atoms in total. The topological polar surface area (TPSA) is 48.1 Å². The largest absolute Gasteiger partial charge is 0.353 e. The van der Waals surface area contributed by atoms with Gasteiger partial charge in [0.25, 0.3) is 5.91 Å². The summed E-state index contributed by atoms with van der Waals surface area (Å²) < 4.78 is 0. The van der Waals surface area contributed by atoms with Crippen molar-refractivity contribution in [2.75, 3.05) is 14.1 Å². The summed E-state index contributed by atoms with van der Waals surface area (Å²) in [6.45, 7) is 6.43. The van der Waals surface area contributed by atoms with E-state index >= 15 is 0 Å². The molecule has 16 heavy (non-hydrogen) atoms. The van der Waals surface area contributed by atoms with Crippen LogP contribution in [0.25, 0.3) is 0 Å². The molecule has 2 N–H and O–H groups in total. The Bertz CT molecular complexity index is 368. The van der Waals surface area contributed by atoms with Gasteiger partial charge in [-0.15, -0.1) is 6.58 Å². The van der Waals surface area contributed by atoms with Gasteiger partial charge in [0.2, 0.25) is 0 Å². The molecule has 0 radical (unpaired) electrons. The first kappa shape index (κ1) is 12.5. The third-order valence-electron chi connectivity index (χ3n) is 2.35. The van der Waals surface area contributed by atoms with Crippen LogP contribution < -0.4 is 5.32 Å². The van der Waals surface area contributed by atoms with E-state index in [9.17, 15) is 4.79 Å². The van der Waals surface area contributed by atoms with Gasteiger partial charge in [-0.3, -0.25) is 4.79 Å². The maximum absolute atomic E-state index is 11.6. The molecule has 0 aliphatic rings. The Hall–Kier alpha value is -1.55. The van der Waals surface area contributed by atoms with Crippen molar-refractivity contribution >= 4 is 5.91 Å². The number of nitrogens with zero attached hydrogens (tertiary/aromatic N) is 1. The molecule has 88 valence electrons. The molecule has 1 aromatic heterocycles. The van der Waals surface area contributed by atoms with Gasteiger partial charge in [0.1, 0.15) is 5.69 Å². The van der Waals surface area contributed by atoms with Crippen molar-refractivity contribution in [3.05, 3.63) is 36.2 Å². The highest BCUT2D eigenvalue weighted by Crippen LogP contribution is 2.04. The van der Waals surface area contributed by atoms with Crippen molar-refractivity contribution < 1.29 is 4.79 Å². The molecule has 0 aromatic carbocycles. The van der Waals surface area contributed by atoms with Crippen molar-refractivity contribution in [1.29, 1.82) is 0 Å². The van der Waals surface area contributed by atoms with Gasteiger partial charge in [0.05, 0.1) is 0 Å². The van der Waals surface area contributed by atoms with Gasteiger partial charge in [-0.1, -0.05) is 6.08 Å². The average molecular weight is 221 g/mol. The van der Waals surface area contributed by atoms with Crippen LogP contribution in [-0.4, -0.2) is 35.9 Å². The van der Waals surface area contributed by atoms with E-state index in [1.54, 1.807) is 25.1 Å². The predicted molar refractivity (Wildman–Crippen MR) is 65.3 cm³/mol. The zero-order chi connectivity index (χ0) is 12.1. The van der Waals surface area contributed by atoms with Gasteiger partial charge < -0.3 is 15.2 Å². The quantitative estimate of drug-likeness (QED) is 0.738. The lowest BCUT2D eigenvalue weighted by molar-refractivity contribution is 0.0822. The van der Waals surface area contributed by atoms with Crippen LogP contribution in [-0.2, 0) is 6.54 Å². The maximum atomic E-state index is 11.6. The smallest absolute Gasteiger partial charge is 0.269 e. The van der Waals surface area contributed by atoms with Crippen molar-refractivity contribution in [2.45, 2.75) is 19.5 Å². The summed E-state index contributed by atoms with van der Waals surface area (Å²) in [4.78, 5) is 16.2. The number of amides is 1. The van der Waals surface area contributed by atoms with E-state index in [0.717, 1.165) is 5.69 Å². The Morgan fingerprint density at radius 3 is 2.88 bits per heavy atom. The molecule has 0 saturated heterocycles. The fraction of sp³-hybridized carbons (Fsp3) is 0.417. The molecule has 0 spiro atoms. The SMILES string of the molecule is C=CC(C)NCc1ccc(C(=O)N(C)C)[nH]1. The second kappa shape index (κ2) is 5.51. The van der Waals surface area contributed by atoms with E-state index in [1.165, 1.54) is 0 Å². The van der Waals surface area contributed by atoms with Crippen LogP contribution in [0.4, 0.5) is 0 Å². The first-order chi connectivity index (χ1) is 7.54. The summed E-state index contributed by atoms with van der Waals surface area (Å²) in [5.41, 5.74) is 1.62. The van der Waals surface area contributed by atoms with E-state index < -0.39 is 0 Å². The van der Waals surface area contributed by atoms with Gasteiger partial charge in [0.15, 0.2) is 0 Å². The lowest BCUT2D eigenvalue weighted by atomic mass is 10.3. The zero-order valence-electron chi connectivity index (χ0n) is 10.1. The summed E-state index contributed by atoms with van der Waals surface area (Å²) in [7, 11) is 3.47. The van der Waals surface area contributed by atoms with E-state index in [4.69, 9.17) is 0 Å². The molecule has 4 heteroatoms. The summed E-state index contributed by atoms with van der Waals surface area (Å²) in [5, 5.41) is 3.26. The van der Waals surface area contributed by atoms with E-state index in [1.807, 2.05) is 19.1 Å².